The van der Waals surface area contributed by atoms with Gasteiger partial charge in [0.25, 0.3) is 0 Å². The number of hydrogen-bond acceptors (Lipinski definition) is 2. The van der Waals surface area contributed by atoms with E-state index < -0.39 is 11.6 Å². The van der Waals surface area contributed by atoms with Crippen LogP contribution in [0.3, 0.4) is 0 Å². The van der Waals surface area contributed by atoms with E-state index in [1.165, 1.54) is 6.07 Å². The maximum Gasteiger partial charge on any atom is 0.170 e. The lowest BCUT2D eigenvalue weighted by molar-refractivity contribution is 0.114. The third-order valence-electron chi connectivity index (χ3n) is 2.69. The van der Waals surface area contributed by atoms with E-state index in [-0.39, 0.29) is 6.10 Å². The summed E-state index contributed by atoms with van der Waals surface area (Å²) in [6.07, 6.45) is 2.26. The lowest BCUT2D eigenvalue weighted by atomic mass is 10.2. The van der Waals surface area contributed by atoms with E-state index in [1.54, 1.807) is 0 Å². The number of ether oxygens (including phenoxy) is 1. The number of thiocarbonyl (C=S) groups is 1. The molecule has 0 aromatic heterocycles. The van der Waals surface area contributed by atoms with Gasteiger partial charge in [-0.25, -0.2) is 8.78 Å². The summed E-state index contributed by atoms with van der Waals surface area (Å²) in [5, 5.41) is 6.15. The fourth-order valence-electron chi connectivity index (χ4n) is 1.76. The highest BCUT2D eigenvalue weighted by Crippen LogP contribution is 2.13. The Morgan fingerprint density at radius 2 is 2.22 bits per heavy atom. The molecule has 1 unspecified atom stereocenters. The Morgan fingerprint density at radius 3 is 2.89 bits per heavy atom. The molecule has 0 spiro atoms. The first kappa shape index (κ1) is 13.2. The molecule has 0 amide bonds. The van der Waals surface area contributed by atoms with Crippen LogP contribution in [0.5, 0.6) is 0 Å². The molecule has 18 heavy (non-hydrogen) atoms. The fraction of sp³-hybridized carbons (Fsp3) is 0.417. The van der Waals surface area contributed by atoms with Crippen LogP contribution in [0.25, 0.3) is 0 Å². The second kappa shape index (κ2) is 6.06. The first-order chi connectivity index (χ1) is 8.65. The fourth-order valence-corrected chi connectivity index (χ4v) is 1.96. The van der Waals surface area contributed by atoms with Crippen LogP contribution in [0.2, 0.25) is 0 Å². The molecule has 0 bridgehead atoms. The van der Waals surface area contributed by atoms with Gasteiger partial charge in [-0.15, -0.1) is 0 Å². The van der Waals surface area contributed by atoms with Gasteiger partial charge in [0.15, 0.2) is 16.7 Å². The standard InChI is InChI=1S/C12H14F2N2OS/c13-10-4-3-8(6-11(10)14)16-12(18)15-7-9-2-1-5-17-9/h3-4,6,9H,1-2,5,7H2,(H2,15,16,18). The summed E-state index contributed by atoms with van der Waals surface area (Å²) >= 11 is 5.05. The summed E-state index contributed by atoms with van der Waals surface area (Å²) in [5.74, 6) is -1.78. The highest BCUT2D eigenvalue weighted by Gasteiger charge is 2.15. The molecule has 1 aromatic carbocycles. The summed E-state index contributed by atoms with van der Waals surface area (Å²) in [6, 6.07) is 3.55. The van der Waals surface area contributed by atoms with Crippen LogP contribution in [-0.2, 0) is 4.74 Å². The minimum absolute atomic E-state index is 0.176. The van der Waals surface area contributed by atoms with E-state index in [0.29, 0.717) is 17.3 Å². The summed E-state index contributed by atoms with van der Waals surface area (Å²) in [4.78, 5) is 0. The highest BCUT2D eigenvalue weighted by atomic mass is 32.1. The van der Waals surface area contributed by atoms with Crippen LogP contribution in [-0.4, -0.2) is 24.4 Å². The molecule has 2 rings (SSSR count). The summed E-state index contributed by atoms with van der Waals surface area (Å²) in [7, 11) is 0. The second-order valence-corrected chi connectivity index (χ2v) is 4.51. The molecule has 1 heterocycles. The number of rotatable bonds is 3. The molecule has 6 heteroatoms. The minimum atomic E-state index is -0.901. The number of hydrogen-bond donors (Lipinski definition) is 2. The van der Waals surface area contributed by atoms with E-state index in [2.05, 4.69) is 10.6 Å². The van der Waals surface area contributed by atoms with Gasteiger partial charge < -0.3 is 15.4 Å². The maximum atomic E-state index is 13.0. The maximum absolute atomic E-state index is 13.0. The van der Waals surface area contributed by atoms with Gasteiger partial charge in [-0.1, -0.05) is 0 Å². The van der Waals surface area contributed by atoms with Crippen molar-refractivity contribution in [1.82, 2.24) is 5.32 Å². The van der Waals surface area contributed by atoms with Crippen LogP contribution in [0, 0.1) is 11.6 Å². The Hall–Kier alpha value is -1.27. The Balaban J connectivity index is 1.80. The average Bonchev–Trinajstić information content (AvgIpc) is 2.84. The van der Waals surface area contributed by atoms with Gasteiger partial charge in [0, 0.05) is 24.9 Å². The van der Waals surface area contributed by atoms with Crippen molar-refractivity contribution in [1.29, 1.82) is 0 Å². The Bertz CT molecular complexity index is 436. The van der Waals surface area contributed by atoms with Crippen LogP contribution < -0.4 is 10.6 Å². The quantitative estimate of drug-likeness (QED) is 0.828. The van der Waals surface area contributed by atoms with Crippen LogP contribution in [0.4, 0.5) is 14.5 Å². The highest BCUT2D eigenvalue weighted by molar-refractivity contribution is 7.80. The minimum Gasteiger partial charge on any atom is -0.376 e. The number of halogens is 2. The molecular formula is C12H14F2N2OS. The molecule has 2 N–H and O–H groups in total. The molecular weight excluding hydrogens is 258 g/mol. The first-order valence-electron chi connectivity index (χ1n) is 5.76. The van der Waals surface area contributed by atoms with Gasteiger partial charge in [-0.2, -0.15) is 0 Å². The SMILES string of the molecule is Fc1ccc(NC(=S)NCC2CCCO2)cc1F. The van der Waals surface area contributed by atoms with Gasteiger partial charge in [0.2, 0.25) is 0 Å². The zero-order valence-corrected chi connectivity index (χ0v) is 10.5. The van der Waals surface area contributed by atoms with Crippen molar-refractivity contribution in [2.45, 2.75) is 18.9 Å². The van der Waals surface area contributed by atoms with Crippen molar-refractivity contribution in [2.24, 2.45) is 0 Å². The van der Waals surface area contributed by atoms with E-state index >= 15 is 0 Å². The van der Waals surface area contributed by atoms with E-state index in [4.69, 9.17) is 17.0 Å². The van der Waals surface area contributed by atoms with E-state index in [1.807, 2.05) is 0 Å². The van der Waals surface area contributed by atoms with Crippen molar-refractivity contribution in [3.8, 4) is 0 Å². The predicted molar refractivity (Wildman–Crippen MR) is 69.6 cm³/mol. The topological polar surface area (TPSA) is 33.3 Å². The smallest absolute Gasteiger partial charge is 0.170 e. The van der Waals surface area contributed by atoms with Gasteiger partial charge in [-0.3, -0.25) is 0 Å². The predicted octanol–water partition coefficient (Wildman–Crippen LogP) is 2.43. The van der Waals surface area contributed by atoms with Gasteiger partial charge in [-0.05, 0) is 37.2 Å². The lowest BCUT2D eigenvalue weighted by Gasteiger charge is -2.14. The Labute approximate surface area is 110 Å². The summed E-state index contributed by atoms with van der Waals surface area (Å²) in [6.45, 7) is 1.41. The largest absolute Gasteiger partial charge is 0.376 e. The molecule has 0 aliphatic carbocycles. The monoisotopic (exact) mass is 272 g/mol. The van der Waals surface area contributed by atoms with Gasteiger partial charge >= 0.3 is 0 Å². The molecule has 98 valence electrons. The Kier molecular flexibility index (Phi) is 4.43. The van der Waals surface area contributed by atoms with E-state index in [0.717, 1.165) is 31.6 Å². The molecule has 0 radical (unpaired) electrons. The summed E-state index contributed by atoms with van der Waals surface area (Å²) in [5.41, 5.74) is 0.416. The molecule has 1 aliphatic heterocycles. The van der Waals surface area contributed by atoms with Crippen molar-refractivity contribution in [3.05, 3.63) is 29.8 Å². The van der Waals surface area contributed by atoms with Crippen molar-refractivity contribution in [2.75, 3.05) is 18.5 Å². The molecule has 1 aliphatic rings. The van der Waals surface area contributed by atoms with Crippen molar-refractivity contribution < 1.29 is 13.5 Å². The molecule has 0 saturated carbocycles. The number of anilines is 1. The molecule has 1 atom stereocenters. The molecule has 1 fully saturated rings. The normalized spacial score (nSPS) is 18.7. The molecule has 1 aromatic rings. The third kappa shape index (κ3) is 3.61. The molecule has 3 nitrogen and oxygen atoms in total. The van der Waals surface area contributed by atoms with Gasteiger partial charge in [0.05, 0.1) is 6.10 Å². The molecule has 1 saturated heterocycles. The Morgan fingerprint density at radius 1 is 1.39 bits per heavy atom. The van der Waals surface area contributed by atoms with Gasteiger partial charge in [0.1, 0.15) is 0 Å². The van der Waals surface area contributed by atoms with Crippen molar-refractivity contribution >= 4 is 23.0 Å². The first-order valence-corrected chi connectivity index (χ1v) is 6.17. The van der Waals surface area contributed by atoms with Crippen LogP contribution >= 0.6 is 12.2 Å². The third-order valence-corrected chi connectivity index (χ3v) is 2.94. The average molecular weight is 272 g/mol. The number of nitrogens with one attached hydrogen (secondary N) is 2. The zero-order valence-electron chi connectivity index (χ0n) is 9.71. The van der Waals surface area contributed by atoms with Crippen LogP contribution in [0.1, 0.15) is 12.8 Å². The lowest BCUT2D eigenvalue weighted by Crippen LogP contribution is -2.34. The second-order valence-electron chi connectivity index (χ2n) is 4.10. The van der Waals surface area contributed by atoms with Crippen LogP contribution in [0.15, 0.2) is 18.2 Å². The summed E-state index contributed by atoms with van der Waals surface area (Å²) < 4.78 is 31.1. The number of benzene rings is 1. The zero-order chi connectivity index (χ0) is 13.0. The van der Waals surface area contributed by atoms with E-state index in [9.17, 15) is 8.78 Å². The van der Waals surface area contributed by atoms with Crippen molar-refractivity contribution in [3.63, 3.8) is 0 Å².